The molecule has 0 aromatic heterocycles. The van der Waals surface area contributed by atoms with Crippen LogP contribution in [0.3, 0.4) is 0 Å². The van der Waals surface area contributed by atoms with Gasteiger partial charge in [-0.3, -0.25) is 10.1 Å². The molecule has 7 heteroatoms. The first-order chi connectivity index (χ1) is 12.6. The van der Waals surface area contributed by atoms with E-state index in [9.17, 15) is 14.4 Å². The molecule has 0 atom stereocenters. The molecule has 2 aromatic rings. The van der Waals surface area contributed by atoms with Crippen LogP contribution in [-0.2, 0) is 14.3 Å². The van der Waals surface area contributed by atoms with Crippen molar-refractivity contribution in [2.45, 2.75) is 0 Å². The van der Waals surface area contributed by atoms with Crippen molar-refractivity contribution >= 4 is 23.5 Å². The van der Waals surface area contributed by atoms with E-state index < -0.39 is 18.0 Å². The molecule has 2 amide bonds. The molecule has 0 saturated heterocycles. The Morgan fingerprint density at radius 2 is 1.58 bits per heavy atom. The number of carbonyl (C=O) groups excluding carboxylic acids is 3. The smallest absolute Gasteiger partial charge is 0.419 e. The second kappa shape index (κ2) is 9.03. The van der Waals surface area contributed by atoms with Gasteiger partial charge in [-0.1, -0.05) is 36.4 Å². The van der Waals surface area contributed by atoms with Gasteiger partial charge in [0.2, 0.25) is 0 Å². The van der Waals surface area contributed by atoms with Crippen molar-refractivity contribution in [3.05, 3.63) is 72.0 Å². The van der Waals surface area contributed by atoms with Gasteiger partial charge in [0.15, 0.2) is 0 Å². The highest BCUT2D eigenvalue weighted by molar-refractivity contribution is 6.17. The Labute approximate surface area is 150 Å². The summed E-state index contributed by atoms with van der Waals surface area (Å²) in [5.41, 5.74) is 0.656. The van der Waals surface area contributed by atoms with Crippen molar-refractivity contribution in [3.63, 3.8) is 0 Å². The summed E-state index contributed by atoms with van der Waals surface area (Å²) in [6, 6.07) is 14.5. The van der Waals surface area contributed by atoms with E-state index >= 15 is 0 Å². The van der Waals surface area contributed by atoms with Crippen LogP contribution in [0.4, 0.5) is 4.79 Å². The third-order valence-electron chi connectivity index (χ3n) is 3.27. The van der Waals surface area contributed by atoms with E-state index in [1.807, 2.05) is 0 Å². The molecule has 0 aliphatic heterocycles. The molecule has 0 bridgehead atoms. The lowest BCUT2D eigenvalue weighted by molar-refractivity contribution is -0.133. The van der Waals surface area contributed by atoms with E-state index in [1.54, 1.807) is 48.5 Å². The van der Waals surface area contributed by atoms with Gasteiger partial charge < -0.3 is 14.2 Å². The average molecular weight is 355 g/mol. The number of ether oxygens (including phenoxy) is 3. The molecule has 0 radical (unpaired) electrons. The van der Waals surface area contributed by atoms with Crippen LogP contribution in [0.2, 0.25) is 0 Å². The van der Waals surface area contributed by atoms with Crippen LogP contribution in [-0.4, -0.2) is 32.2 Å². The number of nitrogens with one attached hydrogen (secondary N) is 1. The van der Waals surface area contributed by atoms with Crippen molar-refractivity contribution in [1.29, 1.82) is 0 Å². The monoisotopic (exact) mass is 355 g/mol. The maximum absolute atomic E-state index is 12.0. The van der Waals surface area contributed by atoms with Gasteiger partial charge >= 0.3 is 12.1 Å². The molecule has 7 nitrogen and oxygen atoms in total. The van der Waals surface area contributed by atoms with Gasteiger partial charge in [0.1, 0.15) is 11.3 Å². The molecule has 0 unspecified atom stereocenters. The Morgan fingerprint density at radius 3 is 2.23 bits per heavy atom. The van der Waals surface area contributed by atoms with Crippen LogP contribution in [0.15, 0.2) is 60.9 Å². The van der Waals surface area contributed by atoms with E-state index in [0.717, 1.165) is 0 Å². The molecule has 0 fully saturated rings. The SMILES string of the molecule is CO/C=C(/C(=O)OC)c1ccccc1OC(=O)NC(=O)c1ccccc1. The average Bonchev–Trinajstić information content (AvgIpc) is 2.66. The van der Waals surface area contributed by atoms with Crippen molar-refractivity contribution in [1.82, 2.24) is 5.32 Å². The van der Waals surface area contributed by atoms with Crippen LogP contribution < -0.4 is 10.1 Å². The molecular formula is C19H17NO6. The molecule has 2 aromatic carbocycles. The summed E-state index contributed by atoms with van der Waals surface area (Å²) >= 11 is 0. The third kappa shape index (κ3) is 4.70. The van der Waals surface area contributed by atoms with Crippen molar-refractivity contribution in [2.75, 3.05) is 14.2 Å². The summed E-state index contributed by atoms with van der Waals surface area (Å²) in [6.45, 7) is 0. The summed E-state index contributed by atoms with van der Waals surface area (Å²) < 4.78 is 14.8. The zero-order valence-corrected chi connectivity index (χ0v) is 14.2. The Kier molecular flexibility index (Phi) is 6.50. The van der Waals surface area contributed by atoms with Gasteiger partial charge in [0, 0.05) is 11.1 Å². The zero-order valence-electron chi connectivity index (χ0n) is 14.2. The maximum atomic E-state index is 12.0. The number of hydrogen-bond donors (Lipinski definition) is 1. The number of esters is 1. The van der Waals surface area contributed by atoms with Crippen LogP contribution in [0, 0.1) is 0 Å². The zero-order chi connectivity index (χ0) is 18.9. The number of hydrogen-bond acceptors (Lipinski definition) is 6. The van der Waals surface area contributed by atoms with Gasteiger partial charge in [0.05, 0.1) is 20.5 Å². The normalized spacial score (nSPS) is 10.6. The van der Waals surface area contributed by atoms with Gasteiger partial charge in [-0.2, -0.15) is 0 Å². The van der Waals surface area contributed by atoms with Gasteiger partial charge in [-0.15, -0.1) is 0 Å². The lowest BCUT2D eigenvalue weighted by atomic mass is 10.1. The van der Waals surface area contributed by atoms with Crippen LogP contribution in [0.25, 0.3) is 5.57 Å². The predicted molar refractivity (Wildman–Crippen MR) is 93.4 cm³/mol. The second-order valence-corrected chi connectivity index (χ2v) is 4.96. The Morgan fingerprint density at radius 1 is 0.923 bits per heavy atom. The minimum absolute atomic E-state index is 0.0628. The molecule has 0 heterocycles. The lowest BCUT2D eigenvalue weighted by Gasteiger charge is -2.12. The summed E-state index contributed by atoms with van der Waals surface area (Å²) in [4.78, 5) is 36.0. The standard InChI is InChI=1S/C19H17NO6/c1-24-12-15(18(22)25-2)14-10-6-7-11-16(14)26-19(23)20-17(21)13-8-4-3-5-9-13/h3-12H,1-2H3,(H,20,21,23)/b15-12+. The Bertz CT molecular complexity index is 829. The van der Waals surface area contributed by atoms with E-state index in [2.05, 4.69) is 5.32 Å². The van der Waals surface area contributed by atoms with Crippen LogP contribution >= 0.6 is 0 Å². The van der Waals surface area contributed by atoms with Crippen molar-refractivity contribution in [3.8, 4) is 5.75 Å². The lowest BCUT2D eigenvalue weighted by Crippen LogP contribution is -2.33. The summed E-state index contributed by atoms with van der Waals surface area (Å²) in [6.07, 6.45) is 0.203. The number of amides is 2. The molecule has 0 aliphatic carbocycles. The highest BCUT2D eigenvalue weighted by Gasteiger charge is 2.20. The number of rotatable bonds is 5. The van der Waals surface area contributed by atoms with Gasteiger partial charge in [-0.25, -0.2) is 9.59 Å². The largest absolute Gasteiger partial charge is 0.503 e. The first-order valence-electron chi connectivity index (χ1n) is 7.55. The minimum atomic E-state index is -0.979. The van der Waals surface area contributed by atoms with E-state index in [4.69, 9.17) is 14.2 Å². The van der Waals surface area contributed by atoms with Gasteiger partial charge in [0.25, 0.3) is 5.91 Å². The molecule has 0 saturated carbocycles. The summed E-state index contributed by atoms with van der Waals surface area (Å²) in [5, 5.41) is 2.12. The number of para-hydroxylation sites is 1. The third-order valence-corrected chi connectivity index (χ3v) is 3.27. The molecule has 134 valence electrons. The number of benzene rings is 2. The first-order valence-corrected chi connectivity index (χ1v) is 7.55. The molecule has 26 heavy (non-hydrogen) atoms. The van der Waals surface area contributed by atoms with E-state index in [-0.39, 0.29) is 16.9 Å². The first kappa shape index (κ1) is 18.7. The van der Waals surface area contributed by atoms with Crippen LogP contribution in [0.5, 0.6) is 5.75 Å². The molecule has 0 spiro atoms. The van der Waals surface area contributed by atoms with Crippen molar-refractivity contribution in [2.24, 2.45) is 0 Å². The quantitative estimate of drug-likeness (QED) is 0.504. The van der Waals surface area contributed by atoms with E-state index in [1.165, 1.54) is 26.5 Å². The summed E-state index contributed by atoms with van der Waals surface area (Å²) in [7, 11) is 2.60. The number of imide groups is 1. The minimum Gasteiger partial charge on any atom is -0.503 e. The number of carbonyl (C=O) groups is 3. The molecule has 2 rings (SSSR count). The Balaban J connectivity index is 2.19. The topological polar surface area (TPSA) is 90.9 Å². The molecule has 1 N–H and O–H groups in total. The van der Waals surface area contributed by atoms with Gasteiger partial charge in [-0.05, 0) is 18.2 Å². The maximum Gasteiger partial charge on any atom is 0.419 e. The fourth-order valence-electron chi connectivity index (χ4n) is 2.11. The molecular weight excluding hydrogens is 338 g/mol. The number of methoxy groups -OCH3 is 2. The summed E-state index contributed by atoms with van der Waals surface area (Å²) in [5.74, 6) is -1.20. The predicted octanol–water partition coefficient (Wildman–Crippen LogP) is 2.78. The fraction of sp³-hybridized carbons (Fsp3) is 0.105. The van der Waals surface area contributed by atoms with Crippen molar-refractivity contribution < 1.29 is 28.6 Å². The van der Waals surface area contributed by atoms with Crippen LogP contribution in [0.1, 0.15) is 15.9 Å². The highest BCUT2D eigenvalue weighted by atomic mass is 16.6. The molecule has 0 aliphatic rings. The highest BCUT2D eigenvalue weighted by Crippen LogP contribution is 2.27. The fourth-order valence-corrected chi connectivity index (χ4v) is 2.11. The Hall–Kier alpha value is -3.61. The van der Waals surface area contributed by atoms with E-state index in [0.29, 0.717) is 5.56 Å². The second-order valence-electron chi connectivity index (χ2n) is 4.96.